The van der Waals surface area contributed by atoms with Crippen LogP contribution in [-0.2, 0) is 11.2 Å². The smallest absolute Gasteiger partial charge is 0.338 e. The molecule has 0 radical (unpaired) electrons. The first kappa shape index (κ1) is 32.6. The molecule has 1 aliphatic rings. The minimum absolute atomic E-state index is 0.0238. The molecule has 0 aliphatic heterocycles. The summed E-state index contributed by atoms with van der Waals surface area (Å²) in [6, 6.07) is 17.5. The lowest BCUT2D eigenvalue weighted by atomic mass is 9.92. The van der Waals surface area contributed by atoms with Gasteiger partial charge in [-0.1, -0.05) is 12.1 Å². The van der Waals surface area contributed by atoms with E-state index in [4.69, 9.17) is 9.47 Å². The van der Waals surface area contributed by atoms with Gasteiger partial charge in [0.05, 0.1) is 34.3 Å². The largest absolute Gasteiger partial charge is 0.490 e. The zero-order chi connectivity index (χ0) is 33.5. The van der Waals surface area contributed by atoms with E-state index in [9.17, 15) is 29.6 Å². The number of amides is 2. The summed E-state index contributed by atoms with van der Waals surface area (Å²) in [7, 11) is 0. The first-order valence-electron chi connectivity index (χ1n) is 15.1. The van der Waals surface area contributed by atoms with E-state index in [-0.39, 0.29) is 41.4 Å². The number of aromatic nitrogens is 1. The number of carboxylic acid groups (broad SMARTS) is 1. The summed E-state index contributed by atoms with van der Waals surface area (Å²) in [5.41, 5.74) is 2.34. The van der Waals surface area contributed by atoms with Crippen LogP contribution in [0.1, 0.15) is 63.1 Å². The Hall–Kier alpha value is -5.78. The summed E-state index contributed by atoms with van der Waals surface area (Å²) in [6.07, 6.45) is 6.52. The molecule has 0 spiro atoms. The number of carboxylic acids is 1. The molecule has 5 rings (SSSR count). The van der Waals surface area contributed by atoms with Gasteiger partial charge in [0.15, 0.2) is 0 Å². The number of hydrogen-bond donors (Lipinski definition) is 3. The molecule has 1 aromatic heterocycles. The molecule has 3 aromatic carbocycles. The Morgan fingerprint density at radius 3 is 2.32 bits per heavy atom. The summed E-state index contributed by atoms with van der Waals surface area (Å²) in [5, 5.41) is 26.0. The maximum absolute atomic E-state index is 12.6. The van der Waals surface area contributed by atoms with E-state index in [1.807, 2.05) is 26.0 Å². The zero-order valence-electron chi connectivity index (χ0n) is 25.9. The van der Waals surface area contributed by atoms with E-state index in [0.717, 1.165) is 54.7 Å². The molecule has 1 aliphatic carbocycles. The summed E-state index contributed by atoms with van der Waals surface area (Å²) in [6.45, 7) is 3.95. The van der Waals surface area contributed by atoms with Crippen LogP contribution in [0, 0.1) is 24.0 Å². The third-order valence-corrected chi connectivity index (χ3v) is 8.15. The van der Waals surface area contributed by atoms with E-state index in [0.29, 0.717) is 22.6 Å². The predicted molar refractivity (Wildman–Crippen MR) is 173 cm³/mol. The van der Waals surface area contributed by atoms with Gasteiger partial charge in [-0.05, 0) is 98.7 Å². The molecule has 1 saturated carbocycles. The molecule has 2 amide bonds. The second-order valence-electron chi connectivity index (χ2n) is 11.4. The fourth-order valence-corrected chi connectivity index (χ4v) is 5.39. The van der Waals surface area contributed by atoms with Gasteiger partial charge >= 0.3 is 5.97 Å². The second-order valence-corrected chi connectivity index (χ2v) is 11.4. The van der Waals surface area contributed by atoms with Gasteiger partial charge in [-0.15, -0.1) is 0 Å². The van der Waals surface area contributed by atoms with Crippen molar-refractivity contribution in [2.24, 2.45) is 0 Å². The second kappa shape index (κ2) is 14.5. The maximum Gasteiger partial charge on any atom is 0.338 e. The van der Waals surface area contributed by atoms with Crippen LogP contribution in [0.3, 0.4) is 0 Å². The quantitative estimate of drug-likeness (QED) is 0.124. The van der Waals surface area contributed by atoms with Crippen molar-refractivity contribution < 1.29 is 33.9 Å². The van der Waals surface area contributed by atoms with Gasteiger partial charge in [0.2, 0.25) is 5.91 Å². The molecular formula is C35H34N4O8. The number of pyridine rings is 1. The topological polar surface area (TPSA) is 170 Å². The highest BCUT2D eigenvalue weighted by Crippen LogP contribution is 2.34. The van der Waals surface area contributed by atoms with Gasteiger partial charge in [0, 0.05) is 30.6 Å². The van der Waals surface area contributed by atoms with Gasteiger partial charge in [0.1, 0.15) is 17.2 Å². The van der Waals surface area contributed by atoms with Crippen molar-refractivity contribution in [1.29, 1.82) is 0 Å². The maximum atomic E-state index is 12.6. The highest BCUT2D eigenvalue weighted by molar-refractivity contribution is 6.01. The molecule has 1 fully saturated rings. The number of nitrogens with one attached hydrogen (secondary N) is 2. The van der Waals surface area contributed by atoms with Crippen LogP contribution < -0.4 is 20.1 Å². The number of rotatable bonds is 11. The number of non-ortho nitro benzene ring substituents is 1. The number of hydrogen-bond acceptors (Lipinski definition) is 8. The normalized spacial score (nSPS) is 15.7. The standard InChI is InChI=1S/C35H34N4O8/c1-21-22(2)32(47-28-12-7-25(8-13-28)37-34(41)24-4-3-17-36-20-24)16-15-31(21)46-27-10-5-23(6-11-27)18-33(40)38-30-14-9-26(39(44)45)19-29(30)35(42)43/h3-6,9-11,14-17,19-20,25,28H,7-8,12-13,18H2,1-2H3,(H,37,41)(H,38,40)(H,42,43). The summed E-state index contributed by atoms with van der Waals surface area (Å²) >= 11 is 0. The Kier molecular flexibility index (Phi) is 10.1. The average molecular weight is 639 g/mol. The van der Waals surface area contributed by atoms with Crippen LogP contribution >= 0.6 is 0 Å². The van der Waals surface area contributed by atoms with Crippen LogP contribution in [-0.4, -0.2) is 44.9 Å². The first-order chi connectivity index (χ1) is 22.6. The van der Waals surface area contributed by atoms with Crippen LogP contribution in [0.25, 0.3) is 0 Å². The molecule has 3 N–H and O–H groups in total. The van der Waals surface area contributed by atoms with Gasteiger partial charge in [0.25, 0.3) is 11.6 Å². The zero-order valence-corrected chi connectivity index (χ0v) is 25.9. The highest BCUT2D eigenvalue weighted by atomic mass is 16.6. The van der Waals surface area contributed by atoms with E-state index in [2.05, 4.69) is 15.6 Å². The molecule has 0 saturated heterocycles. The third kappa shape index (κ3) is 8.28. The van der Waals surface area contributed by atoms with Crippen molar-refractivity contribution in [2.45, 2.75) is 58.1 Å². The van der Waals surface area contributed by atoms with Crippen LogP contribution in [0.4, 0.5) is 11.4 Å². The van der Waals surface area contributed by atoms with E-state index in [1.54, 1.807) is 48.8 Å². The van der Waals surface area contributed by atoms with Gasteiger partial charge in [-0.3, -0.25) is 24.7 Å². The van der Waals surface area contributed by atoms with Crippen molar-refractivity contribution in [3.63, 3.8) is 0 Å². The highest BCUT2D eigenvalue weighted by Gasteiger charge is 2.25. The van der Waals surface area contributed by atoms with Crippen molar-refractivity contribution in [2.75, 3.05) is 5.32 Å². The van der Waals surface area contributed by atoms with Crippen molar-refractivity contribution >= 4 is 29.2 Å². The number of benzene rings is 3. The number of carbonyl (C=O) groups is 3. The van der Waals surface area contributed by atoms with Gasteiger partial charge < -0.3 is 25.2 Å². The van der Waals surface area contributed by atoms with Crippen LogP contribution in [0.2, 0.25) is 0 Å². The monoisotopic (exact) mass is 638 g/mol. The molecule has 0 bridgehead atoms. The fraction of sp³-hybridized carbons (Fsp3) is 0.257. The number of ether oxygens (including phenoxy) is 2. The number of nitro benzene ring substituents is 1. The number of nitro groups is 1. The number of aromatic carboxylic acids is 1. The Morgan fingerprint density at radius 2 is 1.66 bits per heavy atom. The number of nitrogens with zero attached hydrogens (tertiary/aromatic N) is 2. The SMILES string of the molecule is Cc1c(Oc2ccc(CC(=O)Nc3ccc([N+](=O)[O-])cc3C(=O)O)cc2)ccc(OC2CCC(NC(=O)c3cccnc3)CC2)c1C. The van der Waals surface area contributed by atoms with Crippen molar-refractivity contribution in [3.8, 4) is 17.2 Å². The number of anilines is 1. The molecular weight excluding hydrogens is 604 g/mol. The summed E-state index contributed by atoms with van der Waals surface area (Å²) in [5.74, 6) is 0.0585. The lowest BCUT2D eigenvalue weighted by Crippen LogP contribution is -2.39. The molecule has 0 atom stereocenters. The third-order valence-electron chi connectivity index (χ3n) is 8.15. The van der Waals surface area contributed by atoms with Crippen molar-refractivity contribution in [3.05, 3.63) is 117 Å². The van der Waals surface area contributed by atoms with E-state index >= 15 is 0 Å². The summed E-state index contributed by atoms with van der Waals surface area (Å²) in [4.78, 5) is 50.9. The molecule has 47 heavy (non-hydrogen) atoms. The minimum atomic E-state index is -1.39. The molecule has 0 unspecified atom stereocenters. The molecule has 1 heterocycles. The van der Waals surface area contributed by atoms with E-state index in [1.165, 1.54) is 6.07 Å². The molecule has 4 aromatic rings. The lowest BCUT2D eigenvalue weighted by molar-refractivity contribution is -0.384. The molecule has 12 heteroatoms. The average Bonchev–Trinajstić information content (AvgIpc) is 3.06. The summed E-state index contributed by atoms with van der Waals surface area (Å²) < 4.78 is 12.5. The Bertz CT molecular complexity index is 1790. The van der Waals surface area contributed by atoms with E-state index < -0.39 is 16.8 Å². The van der Waals surface area contributed by atoms with Crippen LogP contribution in [0.5, 0.6) is 17.2 Å². The van der Waals surface area contributed by atoms with Crippen molar-refractivity contribution in [1.82, 2.24) is 10.3 Å². The lowest BCUT2D eigenvalue weighted by Gasteiger charge is -2.30. The Balaban J connectivity index is 1.13. The number of carbonyl (C=O) groups excluding carboxylic acids is 2. The van der Waals surface area contributed by atoms with Gasteiger partial charge in [-0.25, -0.2) is 4.79 Å². The minimum Gasteiger partial charge on any atom is -0.490 e. The molecule has 242 valence electrons. The van der Waals surface area contributed by atoms with Gasteiger partial charge in [-0.2, -0.15) is 0 Å². The fourth-order valence-electron chi connectivity index (χ4n) is 5.39. The molecule has 12 nitrogen and oxygen atoms in total. The first-order valence-corrected chi connectivity index (χ1v) is 15.1. The van der Waals surface area contributed by atoms with Crippen LogP contribution in [0.15, 0.2) is 79.1 Å². The Morgan fingerprint density at radius 1 is 0.957 bits per heavy atom. The predicted octanol–water partition coefficient (Wildman–Crippen LogP) is 6.40. The Labute approximate surface area is 270 Å².